The number of carboxylic acids is 1. The Morgan fingerprint density at radius 1 is 1.56 bits per heavy atom. The van der Waals surface area contributed by atoms with Gasteiger partial charge in [0.05, 0.1) is 9.70 Å². The average Bonchev–Trinajstić information content (AvgIpc) is 2.63. The Morgan fingerprint density at radius 2 is 2.31 bits per heavy atom. The first kappa shape index (κ1) is 13.7. The van der Waals surface area contributed by atoms with Gasteiger partial charge < -0.3 is 10.4 Å². The first-order chi connectivity index (χ1) is 7.59. The fourth-order valence-corrected chi connectivity index (χ4v) is 2.75. The molecule has 0 aliphatic heterocycles. The summed E-state index contributed by atoms with van der Waals surface area (Å²) in [6, 6.07) is 4.16. The third kappa shape index (κ3) is 5.09. The van der Waals surface area contributed by atoms with E-state index in [4.69, 9.17) is 5.11 Å². The van der Waals surface area contributed by atoms with E-state index in [9.17, 15) is 4.79 Å². The smallest absolute Gasteiger partial charge is 0.306 e. The molecule has 0 bridgehead atoms. The fourth-order valence-electron chi connectivity index (χ4n) is 1.26. The van der Waals surface area contributed by atoms with Crippen LogP contribution in [0.2, 0.25) is 0 Å². The Hall–Kier alpha value is -0.390. The molecule has 5 heteroatoms. The lowest BCUT2D eigenvalue weighted by atomic mass is 10.1. The van der Waals surface area contributed by atoms with E-state index in [0.717, 1.165) is 23.3 Å². The van der Waals surface area contributed by atoms with Crippen molar-refractivity contribution >= 4 is 33.2 Å². The summed E-state index contributed by atoms with van der Waals surface area (Å²) >= 11 is 5.16. The van der Waals surface area contributed by atoms with Gasteiger partial charge in [-0.3, -0.25) is 4.79 Å². The van der Waals surface area contributed by atoms with E-state index in [0.29, 0.717) is 6.42 Å². The SMILES string of the molecule is CC(CCNCCc1ccc(Br)s1)C(=O)O. The largest absolute Gasteiger partial charge is 0.481 e. The normalized spacial score (nSPS) is 12.6. The summed E-state index contributed by atoms with van der Waals surface area (Å²) in [6.07, 6.45) is 1.68. The zero-order valence-electron chi connectivity index (χ0n) is 9.20. The third-order valence-electron chi connectivity index (χ3n) is 2.35. The lowest BCUT2D eigenvalue weighted by molar-refractivity contribution is -0.141. The Bertz CT molecular complexity index is 340. The molecular formula is C11H16BrNO2S. The first-order valence-corrected chi connectivity index (χ1v) is 6.88. The van der Waals surface area contributed by atoms with Crippen molar-refractivity contribution in [2.75, 3.05) is 13.1 Å². The van der Waals surface area contributed by atoms with Crippen molar-refractivity contribution in [2.45, 2.75) is 19.8 Å². The third-order valence-corrected chi connectivity index (χ3v) is 4.04. The molecule has 1 atom stereocenters. The Balaban J connectivity index is 2.06. The second-order valence-corrected chi connectivity index (χ2v) is 6.28. The predicted octanol–water partition coefficient (Wildman–Crippen LogP) is 2.75. The standard InChI is InChI=1S/C11H16BrNO2S/c1-8(11(14)15)4-6-13-7-5-9-2-3-10(12)16-9/h2-3,8,13H,4-7H2,1H3,(H,14,15). The molecule has 0 aromatic carbocycles. The summed E-state index contributed by atoms with van der Waals surface area (Å²) in [4.78, 5) is 11.9. The topological polar surface area (TPSA) is 49.3 Å². The molecule has 0 amide bonds. The van der Waals surface area contributed by atoms with Gasteiger partial charge in [0.25, 0.3) is 0 Å². The van der Waals surface area contributed by atoms with Crippen molar-refractivity contribution in [3.63, 3.8) is 0 Å². The Morgan fingerprint density at radius 3 is 2.88 bits per heavy atom. The second-order valence-electron chi connectivity index (χ2n) is 3.73. The molecule has 0 aliphatic carbocycles. The minimum absolute atomic E-state index is 0.261. The summed E-state index contributed by atoms with van der Waals surface area (Å²) in [5.41, 5.74) is 0. The van der Waals surface area contributed by atoms with E-state index in [1.807, 2.05) is 6.07 Å². The molecule has 0 aliphatic rings. The summed E-state index contributed by atoms with van der Waals surface area (Å²) in [5, 5.41) is 11.9. The van der Waals surface area contributed by atoms with Crippen LogP contribution >= 0.6 is 27.3 Å². The fraction of sp³-hybridized carbons (Fsp3) is 0.545. The molecule has 0 spiro atoms. The molecule has 16 heavy (non-hydrogen) atoms. The number of carboxylic acid groups (broad SMARTS) is 1. The molecule has 0 radical (unpaired) electrons. The van der Waals surface area contributed by atoms with Gasteiger partial charge in [0.15, 0.2) is 0 Å². The number of hydrogen-bond donors (Lipinski definition) is 2. The van der Waals surface area contributed by atoms with E-state index < -0.39 is 5.97 Å². The predicted molar refractivity (Wildman–Crippen MR) is 70.0 cm³/mol. The molecule has 0 saturated heterocycles. The highest BCUT2D eigenvalue weighted by Crippen LogP contribution is 2.21. The molecular weight excluding hydrogens is 290 g/mol. The zero-order chi connectivity index (χ0) is 12.0. The van der Waals surface area contributed by atoms with Gasteiger partial charge in [-0.25, -0.2) is 0 Å². The highest BCUT2D eigenvalue weighted by molar-refractivity contribution is 9.11. The van der Waals surface area contributed by atoms with Gasteiger partial charge in [-0.05, 0) is 54.0 Å². The maximum atomic E-state index is 10.6. The van der Waals surface area contributed by atoms with Crippen LogP contribution in [0.4, 0.5) is 0 Å². The molecule has 1 heterocycles. The Kier molecular flexibility index (Phi) is 6.01. The Labute approximate surface area is 108 Å². The van der Waals surface area contributed by atoms with Gasteiger partial charge in [0, 0.05) is 4.88 Å². The van der Waals surface area contributed by atoms with E-state index in [1.165, 1.54) is 4.88 Å². The number of rotatable bonds is 7. The summed E-state index contributed by atoms with van der Waals surface area (Å²) in [5.74, 6) is -0.979. The van der Waals surface area contributed by atoms with Gasteiger partial charge in [-0.2, -0.15) is 0 Å². The van der Waals surface area contributed by atoms with Crippen molar-refractivity contribution < 1.29 is 9.90 Å². The highest BCUT2D eigenvalue weighted by Gasteiger charge is 2.09. The second kappa shape index (κ2) is 7.04. The van der Waals surface area contributed by atoms with E-state index in [-0.39, 0.29) is 5.92 Å². The summed E-state index contributed by atoms with van der Waals surface area (Å²) in [7, 11) is 0. The minimum Gasteiger partial charge on any atom is -0.481 e. The molecule has 0 saturated carbocycles. The number of nitrogens with one attached hydrogen (secondary N) is 1. The van der Waals surface area contributed by atoms with Crippen molar-refractivity contribution in [3.8, 4) is 0 Å². The molecule has 1 unspecified atom stereocenters. The summed E-state index contributed by atoms with van der Waals surface area (Å²) < 4.78 is 1.15. The number of aliphatic carboxylic acids is 1. The van der Waals surface area contributed by atoms with Crippen molar-refractivity contribution in [3.05, 3.63) is 20.8 Å². The molecule has 1 aromatic heterocycles. The average molecular weight is 306 g/mol. The number of halogens is 1. The van der Waals surface area contributed by atoms with Gasteiger partial charge in [-0.15, -0.1) is 11.3 Å². The van der Waals surface area contributed by atoms with Crippen LogP contribution < -0.4 is 5.32 Å². The molecule has 1 rings (SSSR count). The molecule has 90 valence electrons. The summed E-state index contributed by atoms with van der Waals surface area (Å²) in [6.45, 7) is 3.40. The minimum atomic E-state index is -0.719. The number of carbonyl (C=O) groups is 1. The van der Waals surface area contributed by atoms with Crippen molar-refractivity contribution in [2.24, 2.45) is 5.92 Å². The first-order valence-electron chi connectivity index (χ1n) is 5.27. The monoisotopic (exact) mass is 305 g/mol. The van der Waals surface area contributed by atoms with Crippen LogP contribution in [0.3, 0.4) is 0 Å². The quantitative estimate of drug-likeness (QED) is 0.762. The van der Waals surface area contributed by atoms with Gasteiger partial charge in [-0.1, -0.05) is 6.92 Å². The van der Waals surface area contributed by atoms with Gasteiger partial charge in [0.1, 0.15) is 0 Å². The maximum Gasteiger partial charge on any atom is 0.306 e. The van der Waals surface area contributed by atoms with E-state index >= 15 is 0 Å². The molecule has 1 aromatic rings. The van der Waals surface area contributed by atoms with Crippen LogP contribution in [0.1, 0.15) is 18.2 Å². The van der Waals surface area contributed by atoms with Crippen LogP contribution in [0.5, 0.6) is 0 Å². The molecule has 0 fully saturated rings. The molecule has 2 N–H and O–H groups in total. The van der Waals surface area contributed by atoms with Crippen LogP contribution in [-0.4, -0.2) is 24.2 Å². The van der Waals surface area contributed by atoms with Crippen LogP contribution in [0.25, 0.3) is 0 Å². The van der Waals surface area contributed by atoms with Crippen molar-refractivity contribution in [1.82, 2.24) is 5.32 Å². The zero-order valence-corrected chi connectivity index (χ0v) is 11.6. The van der Waals surface area contributed by atoms with E-state index in [2.05, 4.69) is 27.3 Å². The highest BCUT2D eigenvalue weighted by atomic mass is 79.9. The molecule has 3 nitrogen and oxygen atoms in total. The van der Waals surface area contributed by atoms with Crippen LogP contribution in [0, 0.1) is 5.92 Å². The van der Waals surface area contributed by atoms with Crippen molar-refractivity contribution in [1.29, 1.82) is 0 Å². The lowest BCUT2D eigenvalue weighted by Crippen LogP contribution is -2.22. The van der Waals surface area contributed by atoms with Crippen LogP contribution in [-0.2, 0) is 11.2 Å². The maximum absolute atomic E-state index is 10.6. The van der Waals surface area contributed by atoms with E-state index in [1.54, 1.807) is 18.3 Å². The van der Waals surface area contributed by atoms with Crippen LogP contribution in [0.15, 0.2) is 15.9 Å². The van der Waals surface area contributed by atoms with Gasteiger partial charge >= 0.3 is 5.97 Å². The lowest BCUT2D eigenvalue weighted by Gasteiger charge is -2.06. The number of hydrogen-bond acceptors (Lipinski definition) is 3. The van der Waals surface area contributed by atoms with Gasteiger partial charge in [0.2, 0.25) is 0 Å². The number of thiophene rings is 1.